The van der Waals surface area contributed by atoms with Gasteiger partial charge in [0.05, 0.1) is 5.92 Å². The molecule has 0 aromatic carbocycles. The van der Waals surface area contributed by atoms with Gasteiger partial charge in [0.2, 0.25) is 5.91 Å². The monoisotopic (exact) mass is 289 g/mol. The van der Waals surface area contributed by atoms with Crippen LogP contribution in [0.5, 0.6) is 0 Å². The lowest BCUT2D eigenvalue weighted by molar-refractivity contribution is -0.129. The topological polar surface area (TPSA) is 46.1 Å². The van der Waals surface area contributed by atoms with Gasteiger partial charge in [0.1, 0.15) is 5.82 Å². The lowest BCUT2D eigenvalue weighted by Crippen LogP contribution is -2.58. The second-order valence-corrected chi connectivity index (χ2v) is 5.71. The zero-order valence-electron chi connectivity index (χ0n) is 12.1. The third kappa shape index (κ3) is 2.15. The van der Waals surface area contributed by atoms with Crippen LogP contribution in [0.2, 0.25) is 0 Å². The van der Waals surface area contributed by atoms with Gasteiger partial charge in [-0.3, -0.25) is 14.7 Å². The molecule has 0 spiro atoms. The Kier molecular flexibility index (Phi) is 3.12. The second kappa shape index (κ2) is 5.27. The zero-order chi connectivity index (χ0) is 14.9. The first-order valence-electron chi connectivity index (χ1n) is 7.54. The number of hydrogen-bond donors (Lipinski definition) is 0. The number of nitrogens with zero attached hydrogens (tertiary/aromatic N) is 3. The highest BCUT2D eigenvalue weighted by Gasteiger charge is 2.50. The number of rotatable bonds is 1. The van der Waals surface area contributed by atoms with Gasteiger partial charge in [-0.05, 0) is 37.1 Å². The van der Waals surface area contributed by atoms with E-state index in [0.717, 1.165) is 36.2 Å². The molecule has 3 heterocycles. The Morgan fingerprint density at radius 3 is 2.68 bits per heavy atom. The predicted octanol–water partition coefficient (Wildman–Crippen LogP) is 2.39. The maximum atomic E-state index is 12.1. The molecular weight excluding hydrogens is 274 g/mol. The average Bonchev–Trinajstić information content (AvgIpc) is 2.99. The minimum Gasteiger partial charge on any atom is -0.293 e. The van der Waals surface area contributed by atoms with Crippen molar-refractivity contribution in [3.63, 3.8) is 0 Å². The van der Waals surface area contributed by atoms with Gasteiger partial charge in [-0.1, -0.05) is 18.3 Å². The maximum Gasteiger partial charge on any atom is 0.233 e. The van der Waals surface area contributed by atoms with Gasteiger partial charge >= 0.3 is 0 Å². The largest absolute Gasteiger partial charge is 0.293 e. The molecule has 2 fully saturated rings. The van der Waals surface area contributed by atoms with Gasteiger partial charge in [0.25, 0.3) is 0 Å². The van der Waals surface area contributed by atoms with E-state index in [1.165, 1.54) is 0 Å². The molecule has 1 aliphatic heterocycles. The number of aromatic nitrogens is 2. The average molecular weight is 289 g/mol. The molecule has 2 aliphatic rings. The van der Waals surface area contributed by atoms with Gasteiger partial charge in [0, 0.05) is 35.8 Å². The van der Waals surface area contributed by atoms with Crippen LogP contribution in [0.4, 0.5) is 5.82 Å². The zero-order valence-corrected chi connectivity index (χ0v) is 12.1. The van der Waals surface area contributed by atoms with Gasteiger partial charge < -0.3 is 0 Å². The SMILES string of the molecule is O=C1[C@H]2CCC[C@H]2N1c1ccc(C#Cc2cccnc2)cn1. The number of carbonyl (C=O) groups excluding carboxylic acids is 1. The minimum atomic E-state index is 0.226. The van der Waals surface area contributed by atoms with Crippen LogP contribution in [0.15, 0.2) is 42.9 Å². The Balaban J connectivity index is 1.52. The van der Waals surface area contributed by atoms with Gasteiger partial charge in [-0.25, -0.2) is 4.98 Å². The Hall–Kier alpha value is -2.67. The van der Waals surface area contributed by atoms with Crippen molar-refractivity contribution in [2.45, 2.75) is 25.3 Å². The van der Waals surface area contributed by atoms with Crippen molar-refractivity contribution in [3.8, 4) is 11.8 Å². The molecule has 108 valence electrons. The number of amides is 1. The molecule has 2 aromatic rings. The summed E-state index contributed by atoms with van der Waals surface area (Å²) < 4.78 is 0. The third-order valence-corrected chi connectivity index (χ3v) is 4.37. The molecule has 0 radical (unpaired) electrons. The molecule has 0 bridgehead atoms. The Morgan fingerprint density at radius 1 is 1.09 bits per heavy atom. The molecule has 4 heteroatoms. The maximum absolute atomic E-state index is 12.1. The summed E-state index contributed by atoms with van der Waals surface area (Å²) in [6.07, 6.45) is 8.46. The van der Waals surface area contributed by atoms with Crippen LogP contribution in [-0.2, 0) is 4.79 Å². The second-order valence-electron chi connectivity index (χ2n) is 5.71. The third-order valence-electron chi connectivity index (χ3n) is 4.37. The van der Waals surface area contributed by atoms with E-state index >= 15 is 0 Å². The van der Waals surface area contributed by atoms with Crippen molar-refractivity contribution in [2.24, 2.45) is 5.92 Å². The molecular formula is C18H15N3O. The summed E-state index contributed by atoms with van der Waals surface area (Å²) >= 11 is 0. The fourth-order valence-electron chi connectivity index (χ4n) is 3.26. The number of carbonyl (C=O) groups is 1. The lowest BCUT2D eigenvalue weighted by Gasteiger charge is -2.42. The van der Waals surface area contributed by atoms with Crippen LogP contribution in [-0.4, -0.2) is 21.9 Å². The molecule has 0 unspecified atom stereocenters. The molecule has 1 amide bonds. The highest BCUT2D eigenvalue weighted by atomic mass is 16.2. The summed E-state index contributed by atoms with van der Waals surface area (Å²) in [4.78, 5) is 22.4. The fourth-order valence-corrected chi connectivity index (χ4v) is 3.26. The first-order valence-corrected chi connectivity index (χ1v) is 7.54. The molecule has 2 atom stereocenters. The lowest BCUT2D eigenvalue weighted by atomic mass is 9.90. The van der Waals surface area contributed by atoms with Crippen molar-refractivity contribution >= 4 is 11.7 Å². The standard InChI is InChI=1S/C18H15N3O/c22-18-15-4-1-5-16(15)21(18)17-9-8-14(12-20-17)7-6-13-3-2-10-19-11-13/h2-3,8-12,15-16H,1,4-5H2/t15-,16+/m0/s1. The summed E-state index contributed by atoms with van der Waals surface area (Å²) in [5.74, 6) is 7.33. The molecule has 22 heavy (non-hydrogen) atoms. The van der Waals surface area contributed by atoms with E-state index in [9.17, 15) is 4.79 Å². The first-order chi connectivity index (χ1) is 10.8. The predicted molar refractivity (Wildman–Crippen MR) is 83.1 cm³/mol. The van der Waals surface area contributed by atoms with E-state index in [-0.39, 0.29) is 11.8 Å². The van der Waals surface area contributed by atoms with Crippen molar-refractivity contribution in [1.29, 1.82) is 0 Å². The van der Waals surface area contributed by atoms with Crippen molar-refractivity contribution < 1.29 is 4.79 Å². The highest BCUT2D eigenvalue weighted by Crippen LogP contribution is 2.42. The molecule has 2 aromatic heterocycles. The summed E-state index contributed by atoms with van der Waals surface area (Å²) in [7, 11) is 0. The summed E-state index contributed by atoms with van der Waals surface area (Å²) in [5, 5.41) is 0. The van der Waals surface area contributed by atoms with Crippen LogP contribution in [0.3, 0.4) is 0 Å². The number of fused-ring (bicyclic) bond motifs is 1. The van der Waals surface area contributed by atoms with E-state index < -0.39 is 0 Å². The van der Waals surface area contributed by atoms with Gasteiger partial charge in [-0.15, -0.1) is 0 Å². The van der Waals surface area contributed by atoms with Crippen LogP contribution in [0.1, 0.15) is 30.4 Å². The van der Waals surface area contributed by atoms with Gasteiger partial charge in [-0.2, -0.15) is 0 Å². The molecule has 0 N–H and O–H groups in total. The van der Waals surface area contributed by atoms with Gasteiger partial charge in [0.15, 0.2) is 0 Å². The highest BCUT2D eigenvalue weighted by molar-refractivity contribution is 6.02. The number of pyridine rings is 2. The normalized spacial score (nSPS) is 22.5. The van der Waals surface area contributed by atoms with E-state index in [4.69, 9.17) is 0 Å². The number of β-lactam (4-membered cyclic amide) rings is 1. The van der Waals surface area contributed by atoms with E-state index in [2.05, 4.69) is 21.8 Å². The molecule has 4 rings (SSSR count). The van der Waals surface area contributed by atoms with Crippen molar-refractivity contribution in [3.05, 3.63) is 54.0 Å². The molecule has 1 saturated heterocycles. The molecule has 4 nitrogen and oxygen atoms in total. The van der Waals surface area contributed by atoms with Crippen LogP contribution < -0.4 is 4.90 Å². The minimum absolute atomic E-state index is 0.226. The summed E-state index contributed by atoms with van der Waals surface area (Å²) in [6, 6.07) is 7.95. The van der Waals surface area contributed by atoms with Crippen molar-refractivity contribution in [2.75, 3.05) is 4.90 Å². The summed E-state index contributed by atoms with van der Waals surface area (Å²) in [6.45, 7) is 0. The smallest absolute Gasteiger partial charge is 0.233 e. The van der Waals surface area contributed by atoms with Crippen molar-refractivity contribution in [1.82, 2.24) is 9.97 Å². The Morgan fingerprint density at radius 2 is 1.95 bits per heavy atom. The van der Waals surface area contributed by atoms with E-state index in [0.29, 0.717) is 6.04 Å². The number of hydrogen-bond acceptors (Lipinski definition) is 3. The first kappa shape index (κ1) is 13.0. The summed E-state index contributed by atoms with van der Waals surface area (Å²) in [5.41, 5.74) is 1.71. The quantitative estimate of drug-likeness (QED) is 0.598. The Labute approximate surface area is 129 Å². The van der Waals surface area contributed by atoms with Crippen LogP contribution in [0, 0.1) is 17.8 Å². The van der Waals surface area contributed by atoms with E-state index in [1.54, 1.807) is 18.6 Å². The fraction of sp³-hybridized carbons (Fsp3) is 0.278. The number of anilines is 1. The van der Waals surface area contributed by atoms with Crippen LogP contribution >= 0.6 is 0 Å². The molecule has 1 saturated carbocycles. The Bertz CT molecular complexity index is 758. The molecule has 1 aliphatic carbocycles. The van der Waals surface area contributed by atoms with E-state index in [1.807, 2.05) is 29.2 Å². The van der Waals surface area contributed by atoms with Crippen LogP contribution in [0.25, 0.3) is 0 Å².